The fourth-order valence-electron chi connectivity index (χ4n) is 3.36. The van der Waals surface area contributed by atoms with Gasteiger partial charge in [-0.3, -0.25) is 0 Å². The third-order valence-corrected chi connectivity index (χ3v) is 5.07. The van der Waals surface area contributed by atoms with Crippen molar-refractivity contribution in [3.8, 4) is 0 Å². The number of benzene rings is 2. The van der Waals surface area contributed by atoms with Crippen LogP contribution in [0.25, 0.3) is 5.57 Å². The van der Waals surface area contributed by atoms with E-state index < -0.39 is 0 Å². The van der Waals surface area contributed by atoms with E-state index in [1.807, 2.05) is 24.3 Å². The van der Waals surface area contributed by atoms with E-state index in [4.69, 9.17) is 23.2 Å². The van der Waals surface area contributed by atoms with E-state index in [1.54, 1.807) is 0 Å². The summed E-state index contributed by atoms with van der Waals surface area (Å²) in [5.41, 5.74) is 7.60. The van der Waals surface area contributed by atoms with Crippen LogP contribution in [0.15, 0.2) is 77.4 Å². The maximum atomic E-state index is 6.10. The summed E-state index contributed by atoms with van der Waals surface area (Å²) < 4.78 is 0. The van der Waals surface area contributed by atoms with E-state index in [0.717, 1.165) is 21.2 Å². The van der Waals surface area contributed by atoms with Crippen LogP contribution in [0.1, 0.15) is 38.8 Å². The SMILES string of the molecule is CC1=C(C(C)(C)C)C=CC1=C(c1ccc(Cl)cc1)c1ccc(Cl)cc1. The highest BCUT2D eigenvalue weighted by Crippen LogP contribution is 2.41. The standard InChI is InChI=1S/C23H22Cl2/c1-15-20(13-14-21(15)23(2,3)4)22(16-5-9-18(24)10-6-16)17-7-11-19(25)12-8-17/h5-14H,1-4H3. The molecule has 0 amide bonds. The van der Waals surface area contributed by atoms with Crippen molar-refractivity contribution in [3.05, 3.63) is 98.6 Å². The average Bonchev–Trinajstić information content (AvgIpc) is 2.93. The molecule has 1 aliphatic carbocycles. The van der Waals surface area contributed by atoms with Gasteiger partial charge in [-0.05, 0) is 70.0 Å². The lowest BCUT2D eigenvalue weighted by Gasteiger charge is -2.21. The lowest BCUT2D eigenvalue weighted by Crippen LogP contribution is -2.08. The second-order valence-corrected chi connectivity index (χ2v) is 8.30. The van der Waals surface area contributed by atoms with Gasteiger partial charge in [-0.1, -0.05) is 80.4 Å². The Kier molecular flexibility index (Phi) is 4.95. The summed E-state index contributed by atoms with van der Waals surface area (Å²) in [7, 11) is 0. The minimum atomic E-state index is 0.118. The second-order valence-electron chi connectivity index (χ2n) is 7.42. The van der Waals surface area contributed by atoms with Crippen molar-refractivity contribution in [2.24, 2.45) is 5.41 Å². The normalized spacial score (nSPS) is 14.4. The molecule has 1 aliphatic rings. The minimum Gasteiger partial charge on any atom is -0.0843 e. The number of halogens is 2. The summed E-state index contributed by atoms with van der Waals surface area (Å²) in [5.74, 6) is 0. The molecule has 0 N–H and O–H groups in total. The molecule has 0 radical (unpaired) electrons. The van der Waals surface area contributed by atoms with Gasteiger partial charge in [0.25, 0.3) is 0 Å². The molecule has 2 aromatic rings. The molecule has 0 saturated heterocycles. The third-order valence-electron chi connectivity index (χ3n) is 4.57. The van der Waals surface area contributed by atoms with Crippen molar-refractivity contribution < 1.29 is 0 Å². The van der Waals surface area contributed by atoms with Gasteiger partial charge < -0.3 is 0 Å². The van der Waals surface area contributed by atoms with Gasteiger partial charge >= 0.3 is 0 Å². The average molecular weight is 369 g/mol. The molecule has 0 atom stereocenters. The van der Waals surface area contributed by atoms with Crippen LogP contribution < -0.4 is 0 Å². The quantitative estimate of drug-likeness (QED) is 0.508. The topological polar surface area (TPSA) is 0 Å². The lowest BCUT2D eigenvalue weighted by atomic mass is 9.83. The Bertz CT molecular complexity index is 824. The molecule has 0 unspecified atom stereocenters. The first-order valence-electron chi connectivity index (χ1n) is 8.43. The van der Waals surface area contributed by atoms with E-state index in [-0.39, 0.29) is 5.41 Å². The Balaban J connectivity index is 2.25. The minimum absolute atomic E-state index is 0.118. The van der Waals surface area contributed by atoms with Crippen molar-refractivity contribution in [1.82, 2.24) is 0 Å². The summed E-state index contributed by atoms with van der Waals surface area (Å²) in [5, 5.41) is 1.49. The largest absolute Gasteiger partial charge is 0.0843 e. The van der Waals surface area contributed by atoms with E-state index in [9.17, 15) is 0 Å². The Labute approximate surface area is 160 Å². The molecule has 2 aromatic carbocycles. The van der Waals surface area contributed by atoms with Gasteiger partial charge in [0.05, 0.1) is 0 Å². The number of hydrogen-bond donors (Lipinski definition) is 0. The second kappa shape index (κ2) is 6.86. The molecule has 3 rings (SSSR count). The molecular formula is C23H22Cl2. The van der Waals surface area contributed by atoms with Crippen LogP contribution in [-0.2, 0) is 0 Å². The molecule has 0 saturated carbocycles. The monoisotopic (exact) mass is 368 g/mol. The summed E-state index contributed by atoms with van der Waals surface area (Å²) in [6, 6.07) is 16.1. The third kappa shape index (κ3) is 3.76. The maximum absolute atomic E-state index is 6.10. The number of rotatable bonds is 2. The molecular weight excluding hydrogens is 347 g/mol. The first-order chi connectivity index (χ1) is 11.8. The molecule has 2 heteroatoms. The zero-order chi connectivity index (χ0) is 18.2. The van der Waals surface area contributed by atoms with Crippen molar-refractivity contribution in [2.75, 3.05) is 0 Å². The fraction of sp³-hybridized carbons (Fsp3) is 0.217. The molecule has 0 nitrogen and oxygen atoms in total. The van der Waals surface area contributed by atoms with Gasteiger partial charge in [0.1, 0.15) is 0 Å². The van der Waals surface area contributed by atoms with Gasteiger partial charge in [-0.15, -0.1) is 0 Å². The Morgan fingerprint density at radius 1 is 0.720 bits per heavy atom. The van der Waals surface area contributed by atoms with Crippen molar-refractivity contribution in [3.63, 3.8) is 0 Å². The predicted molar refractivity (Wildman–Crippen MR) is 110 cm³/mol. The van der Waals surface area contributed by atoms with Crippen LogP contribution in [0.2, 0.25) is 10.0 Å². The molecule has 0 heterocycles. The zero-order valence-electron chi connectivity index (χ0n) is 15.0. The first-order valence-corrected chi connectivity index (χ1v) is 9.19. The van der Waals surface area contributed by atoms with Gasteiger partial charge in [-0.25, -0.2) is 0 Å². The molecule has 0 fully saturated rings. The molecule has 0 spiro atoms. The van der Waals surface area contributed by atoms with Crippen LogP contribution in [0.4, 0.5) is 0 Å². The van der Waals surface area contributed by atoms with E-state index in [2.05, 4.69) is 64.1 Å². The number of allylic oxidation sites excluding steroid dienone is 5. The van der Waals surface area contributed by atoms with Gasteiger partial charge in [0.15, 0.2) is 0 Å². The van der Waals surface area contributed by atoms with E-state index >= 15 is 0 Å². The summed E-state index contributed by atoms with van der Waals surface area (Å²) >= 11 is 12.2. The summed E-state index contributed by atoms with van der Waals surface area (Å²) in [6.07, 6.45) is 4.48. The molecule has 128 valence electrons. The maximum Gasteiger partial charge on any atom is 0.0406 e. The predicted octanol–water partition coefficient (Wildman–Crippen LogP) is 7.73. The first kappa shape index (κ1) is 18.0. The van der Waals surface area contributed by atoms with Crippen LogP contribution in [-0.4, -0.2) is 0 Å². The highest BCUT2D eigenvalue weighted by molar-refractivity contribution is 6.31. The van der Waals surface area contributed by atoms with Crippen LogP contribution in [0.3, 0.4) is 0 Å². The van der Waals surface area contributed by atoms with Crippen molar-refractivity contribution in [2.45, 2.75) is 27.7 Å². The fourth-order valence-corrected chi connectivity index (χ4v) is 3.61. The molecule has 0 aliphatic heterocycles. The summed E-state index contributed by atoms with van der Waals surface area (Å²) in [6.45, 7) is 8.97. The number of hydrogen-bond acceptors (Lipinski definition) is 0. The molecule has 25 heavy (non-hydrogen) atoms. The van der Waals surface area contributed by atoms with Crippen molar-refractivity contribution in [1.29, 1.82) is 0 Å². The molecule has 0 bridgehead atoms. The summed E-state index contributed by atoms with van der Waals surface area (Å²) in [4.78, 5) is 0. The van der Waals surface area contributed by atoms with Gasteiger partial charge in [0.2, 0.25) is 0 Å². The highest BCUT2D eigenvalue weighted by atomic mass is 35.5. The van der Waals surface area contributed by atoms with E-state index in [0.29, 0.717) is 0 Å². The smallest absolute Gasteiger partial charge is 0.0406 e. The Morgan fingerprint density at radius 3 is 1.52 bits per heavy atom. The van der Waals surface area contributed by atoms with Crippen molar-refractivity contribution >= 4 is 28.8 Å². The Hall–Kier alpha value is -1.76. The van der Waals surface area contributed by atoms with Crippen LogP contribution >= 0.6 is 23.2 Å². The van der Waals surface area contributed by atoms with Crippen LogP contribution in [0, 0.1) is 5.41 Å². The Morgan fingerprint density at radius 2 is 1.16 bits per heavy atom. The van der Waals surface area contributed by atoms with Gasteiger partial charge in [-0.2, -0.15) is 0 Å². The molecule has 0 aromatic heterocycles. The van der Waals surface area contributed by atoms with E-state index in [1.165, 1.54) is 22.3 Å². The lowest BCUT2D eigenvalue weighted by molar-refractivity contribution is 0.515. The zero-order valence-corrected chi connectivity index (χ0v) is 16.5. The highest BCUT2D eigenvalue weighted by Gasteiger charge is 2.24. The van der Waals surface area contributed by atoms with Gasteiger partial charge in [0, 0.05) is 10.0 Å². The van der Waals surface area contributed by atoms with Crippen LogP contribution in [0.5, 0.6) is 0 Å².